The topological polar surface area (TPSA) is 83.0 Å². The van der Waals surface area contributed by atoms with Gasteiger partial charge in [0.15, 0.2) is 11.5 Å². The highest BCUT2D eigenvalue weighted by Crippen LogP contribution is 2.27. The van der Waals surface area contributed by atoms with Crippen LogP contribution in [0.5, 0.6) is 11.5 Å². The summed E-state index contributed by atoms with van der Waals surface area (Å²) in [5.41, 5.74) is 3.81. The molecule has 2 rings (SSSR count). The van der Waals surface area contributed by atoms with Gasteiger partial charge in [0, 0.05) is 11.3 Å². The maximum absolute atomic E-state index is 12.2. The zero-order chi connectivity index (χ0) is 17.4. The van der Waals surface area contributed by atoms with E-state index >= 15 is 0 Å². The summed E-state index contributed by atoms with van der Waals surface area (Å²) in [4.78, 5) is 12.2. The number of anilines is 1. The Balaban J connectivity index is 1.98. The smallest absolute Gasteiger partial charge is 0.262 e. The highest BCUT2D eigenvalue weighted by atomic mass is 16.5. The number of nitrogens with one attached hydrogen (secondary N) is 2. The molecule has 6 heteroatoms. The first-order valence-corrected chi connectivity index (χ1v) is 7.66. The Bertz CT molecular complexity index is 702. The van der Waals surface area contributed by atoms with Crippen LogP contribution in [0, 0.1) is 0 Å². The number of hydrogen-bond acceptors (Lipinski definition) is 5. The fourth-order valence-electron chi connectivity index (χ4n) is 2.14. The Labute approximate surface area is 141 Å². The van der Waals surface area contributed by atoms with Crippen LogP contribution < -0.4 is 15.5 Å². The molecule has 0 aliphatic rings. The number of nitrogens with zero attached hydrogens (tertiary/aromatic N) is 1. The number of phenolic OH excluding ortho intramolecular Hbond substituents is 1. The second-order valence-electron chi connectivity index (χ2n) is 5.10. The van der Waals surface area contributed by atoms with Crippen molar-refractivity contribution in [2.75, 3.05) is 12.4 Å². The standard InChI is InChI=1S/C18H21N3O3/c1-3-15(20-14-9-5-4-6-10-14)18(23)21-19-12-13-8-7-11-16(24-2)17(13)22/h4-12,15,20,22H,3H2,1-2H3,(H,21,23)/b19-12+/t15-/m1/s1. The van der Waals surface area contributed by atoms with Gasteiger partial charge in [-0.15, -0.1) is 0 Å². The van der Waals surface area contributed by atoms with Gasteiger partial charge in [0.05, 0.1) is 13.3 Å². The summed E-state index contributed by atoms with van der Waals surface area (Å²) in [6.07, 6.45) is 1.99. The SMILES string of the molecule is CC[C@@H](Nc1ccccc1)C(=O)N/N=C/c1cccc(OC)c1O. The number of phenols is 1. The number of rotatable bonds is 7. The lowest BCUT2D eigenvalue weighted by Gasteiger charge is -2.16. The van der Waals surface area contributed by atoms with Gasteiger partial charge < -0.3 is 15.2 Å². The van der Waals surface area contributed by atoms with Gasteiger partial charge in [-0.25, -0.2) is 5.43 Å². The van der Waals surface area contributed by atoms with E-state index in [0.717, 1.165) is 5.69 Å². The second-order valence-corrected chi connectivity index (χ2v) is 5.10. The second kappa shape index (κ2) is 8.57. The third-order valence-electron chi connectivity index (χ3n) is 3.47. The molecular formula is C18H21N3O3. The molecule has 0 spiro atoms. The lowest BCUT2D eigenvalue weighted by Crippen LogP contribution is -2.36. The molecule has 1 atom stereocenters. The molecule has 0 unspecified atom stereocenters. The molecule has 0 aliphatic carbocycles. The van der Waals surface area contributed by atoms with Crippen molar-refractivity contribution < 1.29 is 14.6 Å². The van der Waals surface area contributed by atoms with Crippen molar-refractivity contribution >= 4 is 17.8 Å². The van der Waals surface area contributed by atoms with Crippen molar-refractivity contribution in [1.29, 1.82) is 0 Å². The number of hydrazone groups is 1. The van der Waals surface area contributed by atoms with Gasteiger partial charge in [0.2, 0.25) is 0 Å². The number of aromatic hydroxyl groups is 1. The van der Waals surface area contributed by atoms with E-state index in [0.29, 0.717) is 17.7 Å². The minimum Gasteiger partial charge on any atom is -0.504 e. The summed E-state index contributed by atoms with van der Waals surface area (Å²) < 4.78 is 5.03. The quantitative estimate of drug-likeness (QED) is 0.539. The lowest BCUT2D eigenvalue weighted by molar-refractivity contribution is -0.121. The molecule has 0 aliphatic heterocycles. The number of methoxy groups -OCH3 is 1. The van der Waals surface area contributed by atoms with Crippen molar-refractivity contribution in [1.82, 2.24) is 5.43 Å². The molecule has 0 fully saturated rings. The average molecular weight is 327 g/mol. The van der Waals surface area contributed by atoms with Gasteiger partial charge in [-0.3, -0.25) is 4.79 Å². The van der Waals surface area contributed by atoms with Crippen molar-refractivity contribution in [3.8, 4) is 11.5 Å². The van der Waals surface area contributed by atoms with Crippen LogP contribution in [0.3, 0.4) is 0 Å². The normalized spacial score (nSPS) is 11.9. The lowest BCUT2D eigenvalue weighted by atomic mass is 10.2. The Kier molecular flexibility index (Phi) is 6.19. The number of benzene rings is 2. The summed E-state index contributed by atoms with van der Waals surface area (Å²) in [6.45, 7) is 1.91. The maximum atomic E-state index is 12.2. The maximum Gasteiger partial charge on any atom is 0.262 e. The monoisotopic (exact) mass is 327 g/mol. The average Bonchev–Trinajstić information content (AvgIpc) is 2.62. The number of ether oxygens (including phenoxy) is 1. The van der Waals surface area contributed by atoms with E-state index in [1.54, 1.807) is 18.2 Å². The van der Waals surface area contributed by atoms with E-state index in [4.69, 9.17) is 4.74 Å². The molecule has 1 amide bonds. The molecule has 0 radical (unpaired) electrons. The molecule has 3 N–H and O–H groups in total. The van der Waals surface area contributed by atoms with Gasteiger partial charge in [0.1, 0.15) is 6.04 Å². The van der Waals surface area contributed by atoms with Crippen LogP contribution in [0.25, 0.3) is 0 Å². The molecular weight excluding hydrogens is 306 g/mol. The Morgan fingerprint density at radius 1 is 1.25 bits per heavy atom. The number of para-hydroxylation sites is 2. The Morgan fingerprint density at radius 3 is 2.67 bits per heavy atom. The van der Waals surface area contributed by atoms with Gasteiger partial charge in [-0.2, -0.15) is 5.10 Å². The number of carbonyl (C=O) groups excluding carboxylic acids is 1. The summed E-state index contributed by atoms with van der Waals surface area (Å²) in [7, 11) is 1.47. The summed E-state index contributed by atoms with van der Waals surface area (Å²) >= 11 is 0. The van der Waals surface area contributed by atoms with Crippen LogP contribution in [-0.4, -0.2) is 30.4 Å². The fourth-order valence-corrected chi connectivity index (χ4v) is 2.14. The summed E-state index contributed by atoms with van der Waals surface area (Å²) in [6, 6.07) is 14.2. The van der Waals surface area contributed by atoms with Crippen LogP contribution in [0.1, 0.15) is 18.9 Å². The molecule has 0 heterocycles. The molecule has 2 aromatic rings. The van der Waals surface area contributed by atoms with Crippen LogP contribution in [0.15, 0.2) is 53.6 Å². The Hall–Kier alpha value is -3.02. The van der Waals surface area contributed by atoms with Gasteiger partial charge in [-0.1, -0.05) is 31.2 Å². The minimum atomic E-state index is -0.400. The van der Waals surface area contributed by atoms with Crippen LogP contribution in [0.2, 0.25) is 0 Å². The molecule has 0 saturated heterocycles. The van der Waals surface area contributed by atoms with Crippen molar-refractivity contribution in [3.05, 3.63) is 54.1 Å². The predicted molar refractivity (Wildman–Crippen MR) is 94.5 cm³/mol. The van der Waals surface area contributed by atoms with Crippen molar-refractivity contribution in [3.63, 3.8) is 0 Å². The highest BCUT2D eigenvalue weighted by molar-refractivity contribution is 5.88. The van der Waals surface area contributed by atoms with Crippen LogP contribution >= 0.6 is 0 Å². The van der Waals surface area contributed by atoms with Crippen LogP contribution in [0.4, 0.5) is 5.69 Å². The highest BCUT2D eigenvalue weighted by Gasteiger charge is 2.15. The van der Waals surface area contributed by atoms with Crippen molar-refractivity contribution in [2.24, 2.45) is 5.10 Å². The van der Waals surface area contributed by atoms with E-state index in [-0.39, 0.29) is 11.7 Å². The van der Waals surface area contributed by atoms with Gasteiger partial charge >= 0.3 is 0 Å². The Morgan fingerprint density at radius 2 is 2.00 bits per heavy atom. The molecule has 0 saturated carbocycles. The van der Waals surface area contributed by atoms with Crippen molar-refractivity contribution in [2.45, 2.75) is 19.4 Å². The molecule has 0 aromatic heterocycles. The van der Waals surface area contributed by atoms with Crippen LogP contribution in [-0.2, 0) is 4.79 Å². The fraction of sp³-hybridized carbons (Fsp3) is 0.222. The minimum absolute atomic E-state index is 0.0209. The van der Waals surface area contributed by atoms with E-state index in [1.165, 1.54) is 13.3 Å². The summed E-state index contributed by atoms with van der Waals surface area (Å²) in [5, 5.41) is 17.0. The third-order valence-corrected chi connectivity index (χ3v) is 3.47. The zero-order valence-corrected chi connectivity index (χ0v) is 13.7. The number of hydrogen-bond donors (Lipinski definition) is 3. The van der Waals surface area contributed by atoms with Gasteiger partial charge in [-0.05, 0) is 30.7 Å². The van der Waals surface area contributed by atoms with E-state index < -0.39 is 6.04 Å². The molecule has 126 valence electrons. The molecule has 6 nitrogen and oxygen atoms in total. The first-order valence-electron chi connectivity index (χ1n) is 7.66. The third kappa shape index (κ3) is 4.49. The largest absolute Gasteiger partial charge is 0.504 e. The van der Waals surface area contributed by atoms with E-state index in [2.05, 4.69) is 15.8 Å². The number of carbonyl (C=O) groups is 1. The van der Waals surface area contributed by atoms with E-state index in [1.807, 2.05) is 37.3 Å². The first-order chi connectivity index (χ1) is 11.7. The van der Waals surface area contributed by atoms with E-state index in [9.17, 15) is 9.90 Å². The predicted octanol–water partition coefficient (Wildman–Crippen LogP) is 2.74. The number of amides is 1. The van der Waals surface area contributed by atoms with Gasteiger partial charge in [0.25, 0.3) is 5.91 Å². The molecule has 0 bridgehead atoms. The first kappa shape index (κ1) is 17.3. The molecule has 2 aromatic carbocycles. The summed E-state index contributed by atoms with van der Waals surface area (Å²) in [5.74, 6) is 0.0786. The zero-order valence-electron chi connectivity index (χ0n) is 13.7. The molecule has 24 heavy (non-hydrogen) atoms.